The molecule has 0 saturated carbocycles. The van der Waals surface area contributed by atoms with Gasteiger partial charge in [0, 0.05) is 9.75 Å². The van der Waals surface area contributed by atoms with E-state index in [1.807, 2.05) is 24.3 Å². The molecule has 3 N–H and O–H groups in total. The number of hydrogen-bond donors (Lipinski definition) is 2. The van der Waals surface area contributed by atoms with Gasteiger partial charge in [-0.25, -0.2) is 5.43 Å². The highest BCUT2D eigenvalue weighted by Gasteiger charge is 2.14. The van der Waals surface area contributed by atoms with E-state index < -0.39 is 0 Å². The van der Waals surface area contributed by atoms with Gasteiger partial charge in [0.2, 0.25) is 0 Å². The zero-order chi connectivity index (χ0) is 12.3. The van der Waals surface area contributed by atoms with Crippen molar-refractivity contribution >= 4 is 11.3 Å². The van der Waals surface area contributed by atoms with Gasteiger partial charge in [0.05, 0.1) is 13.2 Å². The van der Waals surface area contributed by atoms with E-state index in [0.29, 0.717) is 0 Å². The smallest absolute Gasteiger partial charge is 0.119 e. The highest BCUT2D eigenvalue weighted by atomic mass is 32.1. The van der Waals surface area contributed by atoms with Crippen molar-refractivity contribution in [1.29, 1.82) is 0 Å². The second-order valence-electron chi connectivity index (χ2n) is 3.82. The van der Waals surface area contributed by atoms with Crippen molar-refractivity contribution in [3.05, 3.63) is 51.7 Å². The van der Waals surface area contributed by atoms with Gasteiger partial charge in [-0.15, -0.1) is 11.3 Å². The summed E-state index contributed by atoms with van der Waals surface area (Å²) in [6.45, 7) is 2.09. The van der Waals surface area contributed by atoms with E-state index in [2.05, 4.69) is 24.5 Å². The molecule has 1 aromatic carbocycles. The molecule has 0 fully saturated rings. The van der Waals surface area contributed by atoms with Gasteiger partial charge in [0.1, 0.15) is 5.75 Å². The lowest BCUT2D eigenvalue weighted by Crippen LogP contribution is -2.28. The molecule has 0 aliphatic rings. The van der Waals surface area contributed by atoms with Crippen LogP contribution >= 0.6 is 11.3 Å². The average Bonchev–Trinajstić information content (AvgIpc) is 2.77. The number of methoxy groups -OCH3 is 1. The first-order valence-corrected chi connectivity index (χ1v) is 6.22. The van der Waals surface area contributed by atoms with Gasteiger partial charge in [-0.05, 0) is 36.8 Å². The van der Waals surface area contributed by atoms with Gasteiger partial charge in [-0.3, -0.25) is 5.84 Å². The van der Waals surface area contributed by atoms with Crippen molar-refractivity contribution in [2.45, 2.75) is 13.0 Å². The summed E-state index contributed by atoms with van der Waals surface area (Å²) in [4.78, 5) is 2.49. The summed E-state index contributed by atoms with van der Waals surface area (Å²) in [5.74, 6) is 6.50. The van der Waals surface area contributed by atoms with Crippen molar-refractivity contribution in [1.82, 2.24) is 5.43 Å². The fraction of sp³-hybridized carbons (Fsp3) is 0.231. The molecular weight excluding hydrogens is 232 g/mol. The van der Waals surface area contributed by atoms with E-state index in [-0.39, 0.29) is 6.04 Å². The minimum absolute atomic E-state index is 0.0174. The Labute approximate surface area is 105 Å². The summed E-state index contributed by atoms with van der Waals surface area (Å²) in [6, 6.07) is 12.2. The van der Waals surface area contributed by atoms with E-state index in [9.17, 15) is 0 Å². The minimum Gasteiger partial charge on any atom is -0.497 e. The third kappa shape index (κ3) is 2.66. The standard InChI is InChI=1S/C13H16N2OS/c1-9-6-7-12(17-9)13(15-14)10-4-3-5-11(8-10)16-2/h3-8,13,15H,14H2,1-2H3. The number of hydrogen-bond acceptors (Lipinski definition) is 4. The average molecular weight is 248 g/mol. The van der Waals surface area contributed by atoms with Crippen LogP contribution < -0.4 is 16.0 Å². The summed E-state index contributed by atoms with van der Waals surface area (Å²) in [5, 5.41) is 0. The molecule has 1 unspecified atom stereocenters. The first-order valence-electron chi connectivity index (χ1n) is 5.41. The largest absolute Gasteiger partial charge is 0.497 e. The molecule has 0 radical (unpaired) electrons. The second-order valence-corrected chi connectivity index (χ2v) is 5.14. The summed E-state index contributed by atoms with van der Waals surface area (Å²) in [5.41, 5.74) is 3.96. The van der Waals surface area contributed by atoms with Gasteiger partial charge < -0.3 is 4.74 Å². The van der Waals surface area contributed by atoms with Crippen LogP contribution in [0.5, 0.6) is 5.75 Å². The Balaban J connectivity index is 2.34. The second kappa shape index (κ2) is 5.31. The number of nitrogens with one attached hydrogen (secondary N) is 1. The predicted molar refractivity (Wildman–Crippen MR) is 71.2 cm³/mol. The lowest BCUT2D eigenvalue weighted by Gasteiger charge is -2.15. The van der Waals surface area contributed by atoms with Crippen LogP contribution in [0.15, 0.2) is 36.4 Å². The van der Waals surface area contributed by atoms with Crippen LogP contribution in [0.1, 0.15) is 21.4 Å². The van der Waals surface area contributed by atoms with E-state index in [1.54, 1.807) is 18.4 Å². The minimum atomic E-state index is 0.0174. The molecule has 0 saturated heterocycles. The molecule has 0 aliphatic carbocycles. The molecule has 1 atom stereocenters. The molecule has 0 bridgehead atoms. The molecule has 1 heterocycles. The van der Waals surface area contributed by atoms with Crippen LogP contribution in [0.2, 0.25) is 0 Å². The van der Waals surface area contributed by atoms with Crippen LogP contribution in [0.25, 0.3) is 0 Å². The van der Waals surface area contributed by atoms with Gasteiger partial charge in [-0.1, -0.05) is 12.1 Å². The maximum absolute atomic E-state index is 5.65. The van der Waals surface area contributed by atoms with Crippen molar-refractivity contribution in [3.63, 3.8) is 0 Å². The SMILES string of the molecule is COc1cccc(C(NN)c2ccc(C)s2)c1. The Morgan fingerprint density at radius 2 is 2.12 bits per heavy atom. The van der Waals surface area contributed by atoms with E-state index in [4.69, 9.17) is 10.6 Å². The summed E-state index contributed by atoms with van der Waals surface area (Å²) >= 11 is 1.75. The van der Waals surface area contributed by atoms with Gasteiger partial charge in [0.25, 0.3) is 0 Å². The third-order valence-corrected chi connectivity index (χ3v) is 3.71. The lowest BCUT2D eigenvalue weighted by molar-refractivity contribution is 0.413. The molecule has 0 amide bonds. The lowest BCUT2D eigenvalue weighted by atomic mass is 10.1. The Bertz CT molecular complexity index is 496. The predicted octanol–water partition coefficient (Wildman–Crippen LogP) is 2.62. The maximum Gasteiger partial charge on any atom is 0.119 e. The first-order chi connectivity index (χ1) is 8.24. The number of nitrogens with two attached hydrogens (primary N) is 1. The number of hydrazine groups is 1. The van der Waals surface area contributed by atoms with E-state index in [1.165, 1.54) is 9.75 Å². The molecular formula is C13H16N2OS. The molecule has 2 rings (SSSR count). The number of rotatable bonds is 4. The van der Waals surface area contributed by atoms with Gasteiger partial charge in [0.15, 0.2) is 0 Å². The Morgan fingerprint density at radius 3 is 2.71 bits per heavy atom. The van der Waals surface area contributed by atoms with Crippen LogP contribution in [-0.2, 0) is 0 Å². The van der Waals surface area contributed by atoms with Crippen LogP contribution in [0.3, 0.4) is 0 Å². The molecule has 90 valence electrons. The van der Waals surface area contributed by atoms with Crippen LogP contribution in [-0.4, -0.2) is 7.11 Å². The Morgan fingerprint density at radius 1 is 1.29 bits per heavy atom. The number of benzene rings is 1. The summed E-state index contributed by atoms with van der Waals surface area (Å²) in [6.07, 6.45) is 0. The Kier molecular flexibility index (Phi) is 3.78. The molecule has 2 aromatic rings. The zero-order valence-corrected chi connectivity index (χ0v) is 10.8. The highest BCUT2D eigenvalue weighted by Crippen LogP contribution is 2.29. The first kappa shape index (κ1) is 12.1. The molecule has 1 aromatic heterocycles. The van der Waals surface area contributed by atoms with Crippen molar-refractivity contribution in [2.24, 2.45) is 5.84 Å². The quantitative estimate of drug-likeness (QED) is 0.646. The molecule has 0 aliphatic heterocycles. The topological polar surface area (TPSA) is 47.3 Å². The zero-order valence-electron chi connectivity index (χ0n) is 9.94. The summed E-state index contributed by atoms with van der Waals surface area (Å²) < 4.78 is 5.23. The van der Waals surface area contributed by atoms with Crippen LogP contribution in [0.4, 0.5) is 0 Å². The van der Waals surface area contributed by atoms with E-state index in [0.717, 1.165) is 11.3 Å². The van der Waals surface area contributed by atoms with Gasteiger partial charge >= 0.3 is 0 Å². The normalized spacial score (nSPS) is 12.4. The Hall–Kier alpha value is -1.36. The number of ether oxygens (including phenoxy) is 1. The molecule has 17 heavy (non-hydrogen) atoms. The summed E-state index contributed by atoms with van der Waals surface area (Å²) in [7, 11) is 1.67. The molecule has 0 spiro atoms. The third-order valence-electron chi connectivity index (χ3n) is 2.64. The van der Waals surface area contributed by atoms with Gasteiger partial charge in [-0.2, -0.15) is 0 Å². The molecule has 3 nitrogen and oxygen atoms in total. The van der Waals surface area contributed by atoms with Crippen molar-refractivity contribution in [3.8, 4) is 5.75 Å². The van der Waals surface area contributed by atoms with Crippen molar-refractivity contribution in [2.75, 3.05) is 7.11 Å². The highest BCUT2D eigenvalue weighted by molar-refractivity contribution is 7.12. The van der Waals surface area contributed by atoms with E-state index >= 15 is 0 Å². The maximum atomic E-state index is 5.65. The number of aryl methyl sites for hydroxylation is 1. The fourth-order valence-electron chi connectivity index (χ4n) is 1.77. The van der Waals surface area contributed by atoms with Crippen molar-refractivity contribution < 1.29 is 4.74 Å². The fourth-order valence-corrected chi connectivity index (χ4v) is 2.74. The van der Waals surface area contributed by atoms with Crippen LogP contribution in [0, 0.1) is 6.92 Å². The number of thiophene rings is 1. The molecule has 4 heteroatoms. The monoisotopic (exact) mass is 248 g/mol.